The van der Waals surface area contributed by atoms with E-state index < -0.39 is 0 Å². The summed E-state index contributed by atoms with van der Waals surface area (Å²) in [4.78, 5) is 12.4. The number of nitrogens with two attached hydrogens (primary N) is 1. The van der Waals surface area contributed by atoms with Crippen molar-refractivity contribution < 1.29 is 4.79 Å². The molecule has 4 nitrogen and oxygen atoms in total. The summed E-state index contributed by atoms with van der Waals surface area (Å²) < 4.78 is 0. The lowest BCUT2D eigenvalue weighted by Crippen LogP contribution is -2.51. The van der Waals surface area contributed by atoms with Gasteiger partial charge in [-0.2, -0.15) is 0 Å². The molecule has 144 valence electrons. The van der Waals surface area contributed by atoms with Crippen molar-refractivity contribution in [2.24, 2.45) is 17.6 Å². The highest BCUT2D eigenvalue weighted by Gasteiger charge is 2.32. The Kier molecular flexibility index (Phi) is 10.7. The van der Waals surface area contributed by atoms with Crippen LogP contribution in [0.5, 0.6) is 0 Å². The van der Waals surface area contributed by atoms with Gasteiger partial charge in [-0.15, -0.1) is 24.8 Å². The summed E-state index contributed by atoms with van der Waals surface area (Å²) in [5.41, 5.74) is 6.87. The minimum Gasteiger partial charge on any atom is -0.354 e. The number of hydrogen-bond donors (Lipinski definition) is 3. The van der Waals surface area contributed by atoms with Crippen LogP contribution in [-0.2, 0) is 4.79 Å². The Hall–Kier alpha value is -0.810. The van der Waals surface area contributed by atoms with Gasteiger partial charge in [0.05, 0.1) is 0 Å². The highest BCUT2D eigenvalue weighted by Crippen LogP contribution is 2.31. The first-order chi connectivity index (χ1) is 10.9. The van der Waals surface area contributed by atoms with Crippen LogP contribution in [0, 0.1) is 11.8 Å². The topological polar surface area (TPSA) is 67.1 Å². The normalized spacial score (nSPS) is 21.0. The van der Waals surface area contributed by atoms with E-state index in [4.69, 9.17) is 5.73 Å². The zero-order valence-corrected chi connectivity index (χ0v) is 17.1. The smallest absolute Gasteiger partial charge is 0.223 e. The van der Waals surface area contributed by atoms with Crippen molar-refractivity contribution in [2.45, 2.75) is 51.6 Å². The Morgan fingerprint density at radius 2 is 1.88 bits per heavy atom. The van der Waals surface area contributed by atoms with E-state index in [1.54, 1.807) is 0 Å². The van der Waals surface area contributed by atoms with Crippen molar-refractivity contribution in [2.75, 3.05) is 13.1 Å². The van der Waals surface area contributed by atoms with Crippen LogP contribution in [0.3, 0.4) is 0 Å². The molecule has 0 bridgehead atoms. The highest BCUT2D eigenvalue weighted by atomic mass is 35.5. The summed E-state index contributed by atoms with van der Waals surface area (Å²) in [7, 11) is 0. The summed E-state index contributed by atoms with van der Waals surface area (Å²) in [6.45, 7) is 7.64. The van der Waals surface area contributed by atoms with E-state index in [0.717, 1.165) is 19.3 Å². The van der Waals surface area contributed by atoms with Gasteiger partial charge in [-0.1, -0.05) is 36.8 Å². The highest BCUT2D eigenvalue weighted by molar-refractivity contribution is 5.85. The molecule has 3 atom stereocenters. The van der Waals surface area contributed by atoms with E-state index >= 15 is 0 Å². The summed E-state index contributed by atoms with van der Waals surface area (Å²) in [5, 5.41) is 6.73. The molecule has 1 aliphatic rings. The van der Waals surface area contributed by atoms with E-state index in [1.165, 1.54) is 5.56 Å². The molecule has 1 aromatic rings. The number of halogens is 2. The third kappa shape index (κ3) is 7.14. The molecule has 1 fully saturated rings. The van der Waals surface area contributed by atoms with Crippen molar-refractivity contribution in [3.05, 3.63) is 35.9 Å². The maximum atomic E-state index is 12.4. The van der Waals surface area contributed by atoms with E-state index in [0.29, 0.717) is 19.0 Å². The summed E-state index contributed by atoms with van der Waals surface area (Å²) >= 11 is 0. The maximum absolute atomic E-state index is 12.4. The SMILES string of the molecule is CC(NC(C)(C)CNC(=O)[C@@H]1CCC[C@@H]1CN)c1ccccc1.Cl.Cl. The van der Waals surface area contributed by atoms with Gasteiger partial charge in [-0.05, 0) is 51.6 Å². The molecule has 1 aliphatic carbocycles. The number of carbonyl (C=O) groups excluding carboxylic acids is 1. The Labute approximate surface area is 164 Å². The molecule has 0 aromatic heterocycles. The molecule has 6 heteroatoms. The van der Waals surface area contributed by atoms with Gasteiger partial charge in [0.2, 0.25) is 5.91 Å². The lowest BCUT2D eigenvalue weighted by Gasteiger charge is -2.31. The molecule has 0 radical (unpaired) electrons. The van der Waals surface area contributed by atoms with Crippen LogP contribution in [0.2, 0.25) is 0 Å². The zero-order chi connectivity index (χ0) is 16.9. The monoisotopic (exact) mass is 389 g/mol. The second-order valence-corrected chi connectivity index (χ2v) is 7.41. The molecule has 1 amide bonds. The number of amides is 1. The average Bonchev–Trinajstić information content (AvgIpc) is 3.02. The lowest BCUT2D eigenvalue weighted by molar-refractivity contribution is -0.126. The standard InChI is InChI=1S/C19H31N3O.2ClH/c1-14(15-8-5-4-6-9-15)22-19(2,3)13-21-18(23)17-11-7-10-16(17)12-20;;/h4-6,8-9,14,16-17,22H,7,10-13,20H2,1-3H3,(H,21,23);2*1H/t14?,16-,17-;;/m1../s1. The van der Waals surface area contributed by atoms with Gasteiger partial charge in [0.25, 0.3) is 0 Å². The van der Waals surface area contributed by atoms with Crippen LogP contribution in [0.25, 0.3) is 0 Å². The van der Waals surface area contributed by atoms with Gasteiger partial charge in [-0.25, -0.2) is 0 Å². The third-order valence-corrected chi connectivity index (χ3v) is 4.91. The number of nitrogens with one attached hydrogen (secondary N) is 2. The van der Waals surface area contributed by atoms with E-state index in [9.17, 15) is 4.79 Å². The fourth-order valence-electron chi connectivity index (χ4n) is 3.57. The fourth-order valence-corrected chi connectivity index (χ4v) is 3.57. The van der Waals surface area contributed by atoms with E-state index in [-0.39, 0.29) is 48.2 Å². The third-order valence-electron chi connectivity index (χ3n) is 4.91. The van der Waals surface area contributed by atoms with Gasteiger partial charge in [0.1, 0.15) is 0 Å². The quantitative estimate of drug-likeness (QED) is 0.668. The minimum absolute atomic E-state index is 0. The molecule has 0 aliphatic heterocycles. The minimum atomic E-state index is -0.165. The van der Waals surface area contributed by atoms with E-state index in [1.807, 2.05) is 6.07 Å². The van der Waals surface area contributed by atoms with Gasteiger partial charge in [0.15, 0.2) is 0 Å². The summed E-state index contributed by atoms with van der Waals surface area (Å²) in [5.74, 6) is 0.622. The van der Waals surface area contributed by atoms with Crippen molar-refractivity contribution >= 4 is 30.7 Å². The van der Waals surface area contributed by atoms with Crippen LogP contribution < -0.4 is 16.4 Å². The van der Waals surface area contributed by atoms with Crippen molar-refractivity contribution in [3.63, 3.8) is 0 Å². The Bertz CT molecular complexity index is 511. The molecule has 1 unspecified atom stereocenters. The maximum Gasteiger partial charge on any atom is 0.223 e. The number of hydrogen-bond acceptors (Lipinski definition) is 3. The van der Waals surface area contributed by atoms with Gasteiger partial charge >= 0.3 is 0 Å². The first-order valence-electron chi connectivity index (χ1n) is 8.73. The van der Waals surface area contributed by atoms with Crippen molar-refractivity contribution in [1.29, 1.82) is 0 Å². The molecule has 0 spiro atoms. The second-order valence-electron chi connectivity index (χ2n) is 7.41. The Morgan fingerprint density at radius 3 is 2.48 bits per heavy atom. The molecular weight excluding hydrogens is 357 g/mol. The van der Waals surface area contributed by atoms with Gasteiger partial charge < -0.3 is 16.4 Å². The van der Waals surface area contributed by atoms with Crippen LogP contribution in [0.4, 0.5) is 0 Å². The molecule has 0 saturated heterocycles. The molecular formula is C19H33Cl2N3O. The number of benzene rings is 1. The summed E-state index contributed by atoms with van der Waals surface area (Å²) in [6, 6.07) is 10.6. The number of rotatable bonds is 7. The molecule has 1 saturated carbocycles. The average molecular weight is 390 g/mol. The Balaban J connectivity index is 0.00000288. The zero-order valence-electron chi connectivity index (χ0n) is 15.5. The molecule has 4 N–H and O–H groups in total. The van der Waals surface area contributed by atoms with Crippen LogP contribution in [0.1, 0.15) is 51.6 Å². The molecule has 1 aromatic carbocycles. The molecule has 2 rings (SSSR count). The predicted octanol–water partition coefficient (Wildman–Crippen LogP) is 3.45. The number of carbonyl (C=O) groups is 1. The first-order valence-corrected chi connectivity index (χ1v) is 8.73. The Morgan fingerprint density at radius 1 is 1.24 bits per heavy atom. The van der Waals surface area contributed by atoms with Crippen molar-refractivity contribution in [3.8, 4) is 0 Å². The van der Waals surface area contributed by atoms with Gasteiger partial charge in [-0.3, -0.25) is 4.79 Å². The largest absolute Gasteiger partial charge is 0.354 e. The van der Waals surface area contributed by atoms with Crippen molar-refractivity contribution in [1.82, 2.24) is 10.6 Å². The van der Waals surface area contributed by atoms with Crippen LogP contribution in [0.15, 0.2) is 30.3 Å². The fraction of sp³-hybridized carbons (Fsp3) is 0.632. The second kappa shape index (κ2) is 11.0. The lowest BCUT2D eigenvalue weighted by atomic mass is 9.94. The molecule has 0 heterocycles. The first kappa shape index (κ1) is 24.2. The van der Waals surface area contributed by atoms with Gasteiger partial charge in [0, 0.05) is 24.0 Å². The molecule has 25 heavy (non-hydrogen) atoms. The van der Waals surface area contributed by atoms with E-state index in [2.05, 4.69) is 55.7 Å². The summed E-state index contributed by atoms with van der Waals surface area (Å²) in [6.07, 6.45) is 3.18. The van der Waals surface area contributed by atoms with Crippen LogP contribution in [-0.4, -0.2) is 24.5 Å². The predicted molar refractivity (Wildman–Crippen MR) is 109 cm³/mol. The van der Waals surface area contributed by atoms with Crippen LogP contribution >= 0.6 is 24.8 Å².